The Balaban J connectivity index is 1.58. The lowest BCUT2D eigenvalue weighted by Crippen LogP contribution is -2.25. The number of pyridine rings is 1. The van der Waals surface area contributed by atoms with Crippen LogP contribution in [0.4, 0.5) is 14.6 Å². The molecule has 1 aromatic carbocycles. The molecule has 0 bridgehead atoms. The molecule has 2 aromatic rings. The van der Waals surface area contributed by atoms with Crippen LogP contribution in [-0.2, 0) is 6.54 Å². The summed E-state index contributed by atoms with van der Waals surface area (Å²) in [6, 6.07) is 7.40. The Morgan fingerprint density at radius 3 is 2.64 bits per heavy atom. The lowest BCUT2D eigenvalue weighted by atomic mass is 10.2. The second-order valence-corrected chi connectivity index (χ2v) is 5.28. The van der Waals surface area contributed by atoms with E-state index in [0.717, 1.165) is 25.0 Å². The van der Waals surface area contributed by atoms with Crippen molar-refractivity contribution >= 4 is 11.7 Å². The topological polar surface area (TPSA) is 54.0 Å². The minimum absolute atomic E-state index is 0.123. The second-order valence-electron chi connectivity index (χ2n) is 5.28. The fourth-order valence-corrected chi connectivity index (χ4v) is 1.97. The van der Waals surface area contributed by atoms with E-state index >= 15 is 0 Å². The number of carbonyl (C=O) groups excluding carboxylic acids is 1. The molecule has 1 amide bonds. The molecular weight excluding hydrogens is 288 g/mol. The van der Waals surface area contributed by atoms with Crippen molar-refractivity contribution < 1.29 is 13.6 Å². The third kappa shape index (κ3) is 3.58. The van der Waals surface area contributed by atoms with Crippen LogP contribution in [0.3, 0.4) is 0 Å². The molecule has 0 radical (unpaired) electrons. The van der Waals surface area contributed by atoms with Crippen LogP contribution >= 0.6 is 0 Å². The second kappa shape index (κ2) is 6.09. The SMILES string of the molecule is O=C(NC1CC1)c1ccc(NCc2ccc(F)c(F)c2)nc1. The van der Waals surface area contributed by atoms with Gasteiger partial charge in [0.05, 0.1) is 5.56 Å². The zero-order valence-corrected chi connectivity index (χ0v) is 11.8. The summed E-state index contributed by atoms with van der Waals surface area (Å²) in [5, 5.41) is 5.88. The Morgan fingerprint density at radius 1 is 1.18 bits per heavy atom. The monoisotopic (exact) mass is 303 g/mol. The van der Waals surface area contributed by atoms with E-state index in [1.54, 1.807) is 12.1 Å². The number of anilines is 1. The predicted molar refractivity (Wildman–Crippen MR) is 78.4 cm³/mol. The first-order valence-corrected chi connectivity index (χ1v) is 7.06. The summed E-state index contributed by atoms with van der Waals surface area (Å²) in [7, 11) is 0. The van der Waals surface area contributed by atoms with Crippen molar-refractivity contribution in [1.82, 2.24) is 10.3 Å². The lowest BCUT2D eigenvalue weighted by molar-refractivity contribution is 0.0950. The quantitative estimate of drug-likeness (QED) is 0.893. The molecule has 0 atom stereocenters. The molecule has 6 heteroatoms. The Labute approximate surface area is 126 Å². The van der Waals surface area contributed by atoms with E-state index < -0.39 is 11.6 Å². The number of nitrogens with zero attached hydrogens (tertiary/aromatic N) is 1. The molecular formula is C16H15F2N3O. The summed E-state index contributed by atoms with van der Waals surface area (Å²) < 4.78 is 25.9. The number of rotatable bonds is 5. The van der Waals surface area contributed by atoms with Crippen molar-refractivity contribution in [3.8, 4) is 0 Å². The maximum atomic E-state index is 13.1. The molecule has 3 rings (SSSR count). The van der Waals surface area contributed by atoms with Gasteiger partial charge in [-0.3, -0.25) is 4.79 Å². The van der Waals surface area contributed by atoms with Crippen LogP contribution in [0.25, 0.3) is 0 Å². The Kier molecular flexibility index (Phi) is 4.00. The van der Waals surface area contributed by atoms with Gasteiger partial charge in [0, 0.05) is 18.8 Å². The van der Waals surface area contributed by atoms with Gasteiger partial charge in [0.1, 0.15) is 5.82 Å². The molecule has 1 heterocycles. The van der Waals surface area contributed by atoms with Crippen LogP contribution in [0.15, 0.2) is 36.5 Å². The van der Waals surface area contributed by atoms with Crippen LogP contribution in [0.1, 0.15) is 28.8 Å². The minimum Gasteiger partial charge on any atom is -0.366 e. The van der Waals surface area contributed by atoms with E-state index in [-0.39, 0.29) is 5.91 Å². The number of halogens is 2. The number of benzene rings is 1. The van der Waals surface area contributed by atoms with Crippen LogP contribution < -0.4 is 10.6 Å². The van der Waals surface area contributed by atoms with Gasteiger partial charge < -0.3 is 10.6 Å². The molecule has 1 aromatic heterocycles. The average molecular weight is 303 g/mol. The normalized spacial score (nSPS) is 13.7. The van der Waals surface area contributed by atoms with Gasteiger partial charge in [-0.2, -0.15) is 0 Å². The first-order valence-electron chi connectivity index (χ1n) is 7.06. The molecule has 1 fully saturated rings. The molecule has 0 spiro atoms. The number of hydrogen-bond acceptors (Lipinski definition) is 3. The molecule has 1 aliphatic carbocycles. The third-order valence-corrected chi connectivity index (χ3v) is 3.40. The van der Waals surface area contributed by atoms with Crippen molar-refractivity contribution in [2.45, 2.75) is 25.4 Å². The smallest absolute Gasteiger partial charge is 0.253 e. The molecule has 2 N–H and O–H groups in total. The summed E-state index contributed by atoms with van der Waals surface area (Å²) >= 11 is 0. The number of hydrogen-bond donors (Lipinski definition) is 2. The number of aromatic nitrogens is 1. The fourth-order valence-electron chi connectivity index (χ4n) is 1.97. The first-order chi connectivity index (χ1) is 10.6. The first kappa shape index (κ1) is 14.4. The predicted octanol–water partition coefficient (Wildman–Crippen LogP) is 2.86. The van der Waals surface area contributed by atoms with E-state index in [1.807, 2.05) is 0 Å². The maximum Gasteiger partial charge on any atom is 0.253 e. The summed E-state index contributed by atoms with van der Waals surface area (Å²) in [5.74, 6) is -1.30. The number of amides is 1. The van der Waals surface area contributed by atoms with Crippen molar-refractivity contribution in [2.24, 2.45) is 0 Å². The maximum absolute atomic E-state index is 13.1. The largest absolute Gasteiger partial charge is 0.366 e. The van der Waals surface area contributed by atoms with E-state index in [1.165, 1.54) is 12.3 Å². The Morgan fingerprint density at radius 2 is 2.00 bits per heavy atom. The highest BCUT2D eigenvalue weighted by Crippen LogP contribution is 2.19. The van der Waals surface area contributed by atoms with Crippen LogP contribution in [0, 0.1) is 11.6 Å². The standard InChI is InChI=1S/C16H15F2N3O/c17-13-5-1-10(7-14(13)18)8-19-15-6-2-11(9-20-15)16(22)21-12-3-4-12/h1-2,5-7,9,12H,3-4,8H2,(H,19,20)(H,21,22). The van der Waals surface area contributed by atoms with Crippen molar-refractivity contribution in [3.63, 3.8) is 0 Å². The third-order valence-electron chi connectivity index (χ3n) is 3.40. The minimum atomic E-state index is -0.876. The highest BCUT2D eigenvalue weighted by molar-refractivity contribution is 5.94. The van der Waals surface area contributed by atoms with Crippen molar-refractivity contribution in [3.05, 3.63) is 59.3 Å². The Bertz CT molecular complexity index is 684. The van der Waals surface area contributed by atoms with Gasteiger partial charge in [0.25, 0.3) is 5.91 Å². The number of nitrogens with one attached hydrogen (secondary N) is 2. The molecule has 22 heavy (non-hydrogen) atoms. The molecule has 4 nitrogen and oxygen atoms in total. The Hall–Kier alpha value is -2.50. The van der Waals surface area contributed by atoms with Gasteiger partial charge in [-0.05, 0) is 42.7 Å². The molecule has 1 saturated carbocycles. The molecule has 114 valence electrons. The van der Waals surface area contributed by atoms with Gasteiger partial charge >= 0.3 is 0 Å². The van der Waals surface area contributed by atoms with Gasteiger partial charge in [-0.15, -0.1) is 0 Å². The van der Waals surface area contributed by atoms with Crippen molar-refractivity contribution in [2.75, 3.05) is 5.32 Å². The van der Waals surface area contributed by atoms with E-state index in [9.17, 15) is 13.6 Å². The molecule has 1 aliphatic rings. The summed E-state index contributed by atoms with van der Waals surface area (Å²) in [4.78, 5) is 15.9. The van der Waals surface area contributed by atoms with E-state index in [4.69, 9.17) is 0 Å². The number of carbonyl (C=O) groups is 1. The molecule has 0 aliphatic heterocycles. The van der Waals surface area contributed by atoms with E-state index in [0.29, 0.717) is 29.5 Å². The van der Waals surface area contributed by atoms with Gasteiger partial charge in [-0.1, -0.05) is 6.07 Å². The van der Waals surface area contributed by atoms with E-state index in [2.05, 4.69) is 15.6 Å². The zero-order valence-electron chi connectivity index (χ0n) is 11.8. The fraction of sp³-hybridized carbons (Fsp3) is 0.250. The van der Waals surface area contributed by atoms with Crippen LogP contribution in [0.5, 0.6) is 0 Å². The summed E-state index contributed by atoms with van der Waals surface area (Å²) in [6.07, 6.45) is 3.56. The summed E-state index contributed by atoms with van der Waals surface area (Å²) in [5.41, 5.74) is 1.11. The average Bonchev–Trinajstić information content (AvgIpc) is 3.33. The summed E-state index contributed by atoms with van der Waals surface area (Å²) in [6.45, 7) is 0.317. The molecule has 0 unspecified atom stereocenters. The van der Waals surface area contributed by atoms with Gasteiger partial charge in [0.15, 0.2) is 11.6 Å². The lowest BCUT2D eigenvalue weighted by Gasteiger charge is -2.07. The van der Waals surface area contributed by atoms with Crippen LogP contribution in [0.2, 0.25) is 0 Å². The van der Waals surface area contributed by atoms with Gasteiger partial charge in [-0.25, -0.2) is 13.8 Å². The highest BCUT2D eigenvalue weighted by atomic mass is 19.2. The van der Waals surface area contributed by atoms with Gasteiger partial charge in [0.2, 0.25) is 0 Å². The van der Waals surface area contributed by atoms with Crippen LogP contribution in [-0.4, -0.2) is 16.9 Å². The highest BCUT2D eigenvalue weighted by Gasteiger charge is 2.23. The van der Waals surface area contributed by atoms with Crippen molar-refractivity contribution in [1.29, 1.82) is 0 Å². The molecule has 0 saturated heterocycles. The zero-order chi connectivity index (χ0) is 15.5.